The molecule has 2 aromatic rings. The molecule has 7 heteroatoms. The van der Waals surface area contributed by atoms with Crippen LogP contribution in [0.3, 0.4) is 0 Å². The summed E-state index contributed by atoms with van der Waals surface area (Å²) in [6.45, 7) is 4.22. The fourth-order valence-electron chi connectivity index (χ4n) is 3.33. The molecule has 1 heterocycles. The van der Waals surface area contributed by atoms with Crippen molar-refractivity contribution in [1.29, 1.82) is 0 Å². The van der Waals surface area contributed by atoms with E-state index in [2.05, 4.69) is 44.8 Å². The maximum Gasteiger partial charge on any atom is 0.191 e. The maximum absolute atomic E-state index is 9.62. The zero-order valence-electron chi connectivity index (χ0n) is 16.8. The predicted molar refractivity (Wildman–Crippen MR) is 131 cm³/mol. The molecular weight excluding hydrogens is 499 g/mol. The Morgan fingerprint density at radius 3 is 2.31 bits per heavy atom. The topological polar surface area (TPSA) is 59.9 Å². The van der Waals surface area contributed by atoms with Crippen LogP contribution in [0.1, 0.15) is 29.5 Å². The minimum Gasteiger partial charge on any atom is -0.393 e. The van der Waals surface area contributed by atoms with Gasteiger partial charge in [-0.3, -0.25) is 9.89 Å². The van der Waals surface area contributed by atoms with Crippen LogP contribution in [0.4, 0.5) is 0 Å². The number of halogens is 2. The number of hydrogen-bond acceptors (Lipinski definition) is 3. The maximum atomic E-state index is 9.62. The lowest BCUT2D eigenvalue weighted by Crippen LogP contribution is -2.36. The molecule has 5 nitrogen and oxygen atoms in total. The van der Waals surface area contributed by atoms with Gasteiger partial charge < -0.3 is 15.7 Å². The Morgan fingerprint density at radius 2 is 1.66 bits per heavy atom. The van der Waals surface area contributed by atoms with Gasteiger partial charge >= 0.3 is 0 Å². The third kappa shape index (κ3) is 7.77. The van der Waals surface area contributed by atoms with Crippen LogP contribution in [0.5, 0.6) is 0 Å². The molecule has 1 aliphatic heterocycles. The molecule has 0 bridgehead atoms. The largest absolute Gasteiger partial charge is 0.393 e. The SMILES string of the molecule is CN=C(NCc1ccc(CN2CCC(O)CC2)cc1)NCc1ccccc1Cl.I. The van der Waals surface area contributed by atoms with Gasteiger partial charge in [-0.15, -0.1) is 24.0 Å². The summed E-state index contributed by atoms with van der Waals surface area (Å²) in [4.78, 5) is 6.68. The Hall–Kier alpha value is -1.35. The summed E-state index contributed by atoms with van der Waals surface area (Å²) in [7, 11) is 1.76. The summed E-state index contributed by atoms with van der Waals surface area (Å²) in [5.41, 5.74) is 3.56. The highest BCUT2D eigenvalue weighted by Crippen LogP contribution is 2.15. The lowest BCUT2D eigenvalue weighted by molar-refractivity contribution is 0.0792. The fraction of sp³-hybridized carbons (Fsp3) is 0.409. The van der Waals surface area contributed by atoms with Gasteiger partial charge in [0.15, 0.2) is 5.96 Å². The van der Waals surface area contributed by atoms with E-state index < -0.39 is 0 Å². The fourth-order valence-corrected chi connectivity index (χ4v) is 3.53. The van der Waals surface area contributed by atoms with E-state index in [1.54, 1.807) is 7.05 Å². The Kier molecular flexibility index (Phi) is 10.2. The molecule has 1 saturated heterocycles. The van der Waals surface area contributed by atoms with Gasteiger partial charge in [0.05, 0.1) is 6.10 Å². The first kappa shape index (κ1) is 23.9. The normalized spacial score (nSPS) is 15.6. The highest BCUT2D eigenvalue weighted by atomic mass is 127. The zero-order chi connectivity index (χ0) is 19.8. The van der Waals surface area contributed by atoms with E-state index >= 15 is 0 Å². The number of aliphatic imine (C=N–C) groups is 1. The van der Waals surface area contributed by atoms with Crippen LogP contribution in [0.2, 0.25) is 5.02 Å². The number of likely N-dealkylation sites (tertiary alicyclic amines) is 1. The van der Waals surface area contributed by atoms with Crippen LogP contribution in [-0.2, 0) is 19.6 Å². The molecule has 0 spiro atoms. The molecule has 0 atom stereocenters. The van der Waals surface area contributed by atoms with Crippen molar-refractivity contribution >= 4 is 41.5 Å². The van der Waals surface area contributed by atoms with Gasteiger partial charge in [-0.25, -0.2) is 0 Å². The van der Waals surface area contributed by atoms with Crippen molar-refractivity contribution in [3.63, 3.8) is 0 Å². The third-order valence-corrected chi connectivity index (χ3v) is 5.44. The number of aliphatic hydroxyl groups is 1. The molecule has 0 amide bonds. The second kappa shape index (κ2) is 12.4. The molecule has 29 heavy (non-hydrogen) atoms. The first-order chi connectivity index (χ1) is 13.6. The quantitative estimate of drug-likeness (QED) is 0.303. The number of guanidine groups is 1. The van der Waals surface area contributed by atoms with Crippen molar-refractivity contribution in [3.05, 3.63) is 70.2 Å². The van der Waals surface area contributed by atoms with Crippen molar-refractivity contribution in [1.82, 2.24) is 15.5 Å². The number of hydrogen-bond donors (Lipinski definition) is 3. The van der Waals surface area contributed by atoms with Gasteiger partial charge in [0.25, 0.3) is 0 Å². The van der Waals surface area contributed by atoms with Crippen molar-refractivity contribution in [3.8, 4) is 0 Å². The van der Waals surface area contributed by atoms with E-state index in [1.165, 1.54) is 11.1 Å². The van der Waals surface area contributed by atoms with E-state index in [0.29, 0.717) is 13.1 Å². The van der Waals surface area contributed by atoms with E-state index in [-0.39, 0.29) is 30.1 Å². The number of nitrogens with one attached hydrogen (secondary N) is 2. The lowest BCUT2D eigenvalue weighted by Gasteiger charge is -2.29. The van der Waals surface area contributed by atoms with E-state index in [0.717, 1.165) is 49.0 Å². The molecule has 2 aromatic carbocycles. The molecule has 3 N–H and O–H groups in total. The standard InChI is InChI=1S/C22H29ClN4O.HI/c1-24-22(26-15-19-4-2-3-5-21(19)23)25-14-17-6-8-18(9-7-17)16-27-12-10-20(28)11-13-27;/h2-9,20,28H,10-16H2,1H3,(H2,24,25,26);1H. The molecule has 0 unspecified atom stereocenters. The molecule has 158 valence electrons. The number of nitrogens with zero attached hydrogens (tertiary/aromatic N) is 2. The second-order valence-corrected chi connectivity index (χ2v) is 7.60. The van der Waals surface area contributed by atoms with E-state index in [1.807, 2.05) is 24.3 Å². The van der Waals surface area contributed by atoms with Crippen LogP contribution < -0.4 is 10.6 Å². The molecule has 1 aliphatic rings. The van der Waals surface area contributed by atoms with E-state index in [9.17, 15) is 5.11 Å². The van der Waals surface area contributed by atoms with E-state index in [4.69, 9.17) is 11.6 Å². The lowest BCUT2D eigenvalue weighted by atomic mass is 10.1. The monoisotopic (exact) mass is 528 g/mol. The smallest absolute Gasteiger partial charge is 0.191 e. The van der Waals surface area contributed by atoms with Crippen LogP contribution in [0, 0.1) is 0 Å². The molecule has 3 rings (SSSR count). The summed E-state index contributed by atoms with van der Waals surface area (Å²) in [5.74, 6) is 0.746. The van der Waals surface area contributed by atoms with Gasteiger partial charge in [0.1, 0.15) is 0 Å². The van der Waals surface area contributed by atoms with Crippen molar-refractivity contribution in [2.24, 2.45) is 4.99 Å². The number of aliphatic hydroxyl groups excluding tert-OH is 1. The Balaban J connectivity index is 0.00000300. The Bertz CT molecular complexity index is 777. The Morgan fingerprint density at radius 1 is 1.03 bits per heavy atom. The van der Waals surface area contributed by atoms with Crippen LogP contribution in [-0.4, -0.2) is 42.2 Å². The van der Waals surface area contributed by atoms with Gasteiger partial charge in [-0.2, -0.15) is 0 Å². The Labute approximate surface area is 195 Å². The summed E-state index contributed by atoms with van der Waals surface area (Å²) < 4.78 is 0. The number of rotatable bonds is 6. The summed E-state index contributed by atoms with van der Waals surface area (Å²) >= 11 is 6.20. The van der Waals surface area contributed by atoms with Gasteiger partial charge in [-0.1, -0.05) is 54.1 Å². The third-order valence-electron chi connectivity index (χ3n) is 5.07. The number of benzene rings is 2. The average Bonchev–Trinajstić information content (AvgIpc) is 2.72. The van der Waals surface area contributed by atoms with Crippen LogP contribution in [0.25, 0.3) is 0 Å². The van der Waals surface area contributed by atoms with Crippen molar-refractivity contribution < 1.29 is 5.11 Å². The first-order valence-electron chi connectivity index (χ1n) is 9.80. The van der Waals surface area contributed by atoms with Gasteiger partial charge in [0, 0.05) is 44.8 Å². The molecule has 0 saturated carbocycles. The van der Waals surface area contributed by atoms with Gasteiger partial charge in [-0.05, 0) is 35.6 Å². The molecule has 0 radical (unpaired) electrons. The van der Waals surface area contributed by atoms with Crippen LogP contribution >= 0.6 is 35.6 Å². The average molecular weight is 529 g/mol. The molecule has 0 aliphatic carbocycles. The highest BCUT2D eigenvalue weighted by molar-refractivity contribution is 14.0. The summed E-state index contributed by atoms with van der Waals surface area (Å²) in [5, 5.41) is 17.0. The first-order valence-corrected chi connectivity index (χ1v) is 10.2. The van der Waals surface area contributed by atoms with Crippen LogP contribution in [0.15, 0.2) is 53.5 Å². The minimum atomic E-state index is -0.120. The summed E-state index contributed by atoms with van der Waals surface area (Å²) in [6, 6.07) is 16.5. The van der Waals surface area contributed by atoms with Crippen molar-refractivity contribution in [2.45, 2.75) is 38.6 Å². The highest BCUT2D eigenvalue weighted by Gasteiger charge is 2.16. The van der Waals surface area contributed by atoms with Crippen molar-refractivity contribution in [2.75, 3.05) is 20.1 Å². The predicted octanol–water partition coefficient (Wildman–Crippen LogP) is 3.78. The zero-order valence-corrected chi connectivity index (χ0v) is 19.9. The number of piperidine rings is 1. The minimum absolute atomic E-state index is 0. The molecule has 0 aromatic heterocycles. The van der Waals surface area contributed by atoms with Gasteiger partial charge in [0.2, 0.25) is 0 Å². The summed E-state index contributed by atoms with van der Waals surface area (Å²) in [6.07, 6.45) is 1.63. The second-order valence-electron chi connectivity index (χ2n) is 7.19. The molecule has 1 fully saturated rings. The molecular formula is C22H30ClIN4O.